The summed E-state index contributed by atoms with van der Waals surface area (Å²) in [6, 6.07) is 11.9. The molecule has 0 unspecified atom stereocenters. The van der Waals surface area contributed by atoms with Crippen LogP contribution in [0.1, 0.15) is 21.5 Å². The van der Waals surface area contributed by atoms with Gasteiger partial charge in [0.15, 0.2) is 0 Å². The second kappa shape index (κ2) is 7.63. The van der Waals surface area contributed by atoms with Gasteiger partial charge in [-0.05, 0) is 47.9 Å². The molecule has 138 valence electrons. The van der Waals surface area contributed by atoms with Gasteiger partial charge in [-0.15, -0.1) is 0 Å². The van der Waals surface area contributed by atoms with Crippen molar-refractivity contribution in [3.8, 4) is 17.1 Å². The third-order valence-electron chi connectivity index (χ3n) is 4.22. The molecule has 2 heterocycles. The Morgan fingerprint density at radius 1 is 1.19 bits per heavy atom. The monoisotopic (exact) mass is 383 g/mol. The summed E-state index contributed by atoms with van der Waals surface area (Å²) in [5, 5.41) is 0.597. The number of nitrogens with two attached hydrogens (primary N) is 1. The highest BCUT2D eigenvalue weighted by Gasteiger charge is 2.15. The van der Waals surface area contributed by atoms with E-state index < -0.39 is 5.91 Å². The summed E-state index contributed by atoms with van der Waals surface area (Å²) in [5.41, 5.74) is 8.27. The molecule has 7 heteroatoms. The van der Waals surface area contributed by atoms with Crippen molar-refractivity contribution in [2.45, 2.75) is 6.42 Å². The highest BCUT2D eigenvalue weighted by Crippen LogP contribution is 2.24. The largest absolute Gasteiger partial charge is 0.497 e. The fraction of sp³-hybridized carbons (Fsp3) is 0.150. The number of halogens is 1. The molecule has 0 saturated heterocycles. The number of aromatic nitrogens is 2. The molecule has 0 bridgehead atoms. The topological polar surface area (TPSA) is 87.2 Å². The highest BCUT2D eigenvalue weighted by atomic mass is 35.5. The van der Waals surface area contributed by atoms with Crippen molar-refractivity contribution in [3.05, 3.63) is 80.7 Å². The first-order chi connectivity index (χ1) is 12.9. The van der Waals surface area contributed by atoms with Crippen LogP contribution in [0.5, 0.6) is 5.75 Å². The van der Waals surface area contributed by atoms with Gasteiger partial charge in [0.1, 0.15) is 5.75 Å². The van der Waals surface area contributed by atoms with Crippen LogP contribution >= 0.6 is 11.6 Å². The molecule has 27 heavy (non-hydrogen) atoms. The minimum atomic E-state index is -0.613. The number of methoxy groups -OCH3 is 1. The van der Waals surface area contributed by atoms with E-state index in [1.54, 1.807) is 32.5 Å². The Bertz CT molecular complexity index is 1060. The van der Waals surface area contributed by atoms with Gasteiger partial charge < -0.3 is 15.0 Å². The molecule has 3 aromatic rings. The number of carbonyl (C=O) groups is 1. The van der Waals surface area contributed by atoms with Gasteiger partial charge in [-0.2, -0.15) is 0 Å². The van der Waals surface area contributed by atoms with Crippen LogP contribution in [-0.4, -0.2) is 22.6 Å². The van der Waals surface area contributed by atoms with Crippen molar-refractivity contribution >= 4 is 17.5 Å². The van der Waals surface area contributed by atoms with Crippen LogP contribution in [0.2, 0.25) is 5.02 Å². The summed E-state index contributed by atoms with van der Waals surface area (Å²) >= 11 is 6.11. The minimum Gasteiger partial charge on any atom is -0.497 e. The summed E-state index contributed by atoms with van der Waals surface area (Å²) in [4.78, 5) is 28.1. The average Bonchev–Trinajstić information content (AvgIpc) is 2.64. The third-order valence-corrected chi connectivity index (χ3v) is 4.44. The smallest absolute Gasteiger partial charge is 0.250 e. The predicted molar refractivity (Wildman–Crippen MR) is 104 cm³/mol. The molecule has 6 nitrogen and oxygen atoms in total. The first-order valence-electron chi connectivity index (χ1n) is 8.17. The van der Waals surface area contributed by atoms with E-state index in [-0.39, 0.29) is 11.1 Å². The number of nitrogens with zero attached hydrogens (tertiary/aromatic N) is 2. The summed E-state index contributed by atoms with van der Waals surface area (Å²) in [7, 11) is 3.17. The number of benzene rings is 1. The Balaban J connectivity index is 1.95. The van der Waals surface area contributed by atoms with Crippen LogP contribution in [0.4, 0.5) is 0 Å². The molecule has 2 aromatic heterocycles. The average molecular weight is 384 g/mol. The van der Waals surface area contributed by atoms with Crippen molar-refractivity contribution in [1.82, 2.24) is 9.55 Å². The standard InChI is InChI=1S/C20H18ClN3O3/c1-24-18(25)6-4-16(20(22)26)19(24)17-5-3-12(11-23-17)7-13-8-14(21)10-15(9-13)27-2/h3-6,8-11H,7H2,1-2H3,(H2,22,26). The molecule has 0 spiro atoms. The van der Waals surface area contributed by atoms with Crippen LogP contribution in [0.25, 0.3) is 11.4 Å². The number of ether oxygens (including phenoxy) is 1. The van der Waals surface area contributed by atoms with Crippen molar-refractivity contribution < 1.29 is 9.53 Å². The van der Waals surface area contributed by atoms with Crippen molar-refractivity contribution in [3.63, 3.8) is 0 Å². The lowest BCUT2D eigenvalue weighted by atomic mass is 10.0. The third kappa shape index (κ3) is 4.01. The van der Waals surface area contributed by atoms with Crippen LogP contribution in [0, 0.1) is 0 Å². The lowest BCUT2D eigenvalue weighted by Crippen LogP contribution is -2.23. The summed E-state index contributed by atoms with van der Waals surface area (Å²) in [6.07, 6.45) is 2.31. The molecule has 0 saturated carbocycles. The van der Waals surface area contributed by atoms with E-state index in [1.807, 2.05) is 18.2 Å². The zero-order valence-electron chi connectivity index (χ0n) is 14.9. The Morgan fingerprint density at radius 3 is 2.59 bits per heavy atom. The Hall–Kier alpha value is -3.12. The zero-order valence-corrected chi connectivity index (χ0v) is 15.7. The number of hydrogen-bond donors (Lipinski definition) is 1. The Morgan fingerprint density at radius 2 is 1.96 bits per heavy atom. The predicted octanol–water partition coefficient (Wildman–Crippen LogP) is 2.80. The van der Waals surface area contributed by atoms with Crippen LogP contribution in [0.15, 0.2) is 53.5 Å². The van der Waals surface area contributed by atoms with Gasteiger partial charge in [0.25, 0.3) is 11.5 Å². The second-order valence-electron chi connectivity index (χ2n) is 6.08. The molecular formula is C20H18ClN3O3. The lowest BCUT2D eigenvalue weighted by molar-refractivity contribution is 0.1000. The number of hydrogen-bond acceptors (Lipinski definition) is 4. The highest BCUT2D eigenvalue weighted by molar-refractivity contribution is 6.30. The van der Waals surface area contributed by atoms with E-state index in [1.165, 1.54) is 16.7 Å². The van der Waals surface area contributed by atoms with Crippen molar-refractivity contribution in [1.29, 1.82) is 0 Å². The van der Waals surface area contributed by atoms with E-state index in [9.17, 15) is 9.59 Å². The number of carbonyl (C=O) groups excluding carboxylic acids is 1. The fourth-order valence-electron chi connectivity index (χ4n) is 2.89. The maximum atomic E-state index is 11.9. The van der Waals surface area contributed by atoms with Gasteiger partial charge in [-0.1, -0.05) is 17.7 Å². The number of pyridine rings is 2. The first-order valence-corrected chi connectivity index (χ1v) is 8.55. The van der Waals surface area contributed by atoms with Crippen molar-refractivity contribution in [2.75, 3.05) is 7.11 Å². The first kappa shape index (κ1) is 18.7. The number of rotatable bonds is 5. The molecule has 0 fully saturated rings. The molecule has 1 amide bonds. The van der Waals surface area contributed by atoms with E-state index in [2.05, 4.69) is 4.98 Å². The van der Waals surface area contributed by atoms with Gasteiger partial charge in [0.2, 0.25) is 0 Å². The molecule has 0 radical (unpaired) electrons. The Labute approximate surface area is 161 Å². The lowest BCUT2D eigenvalue weighted by Gasteiger charge is -2.12. The van der Waals surface area contributed by atoms with Crippen LogP contribution in [0.3, 0.4) is 0 Å². The van der Waals surface area contributed by atoms with Gasteiger partial charge >= 0.3 is 0 Å². The van der Waals surface area contributed by atoms with Crippen LogP contribution in [-0.2, 0) is 13.5 Å². The number of amides is 1. The normalized spacial score (nSPS) is 10.6. The minimum absolute atomic E-state index is 0.244. The van der Waals surface area contributed by atoms with Crippen molar-refractivity contribution in [2.24, 2.45) is 12.8 Å². The molecule has 0 aliphatic heterocycles. The summed E-state index contributed by atoms with van der Waals surface area (Å²) in [5.74, 6) is 0.0740. The van der Waals surface area contributed by atoms with Gasteiger partial charge in [-0.3, -0.25) is 14.6 Å². The fourth-order valence-corrected chi connectivity index (χ4v) is 3.14. The van der Waals surface area contributed by atoms with Gasteiger partial charge in [-0.25, -0.2) is 0 Å². The van der Waals surface area contributed by atoms with E-state index >= 15 is 0 Å². The SMILES string of the molecule is COc1cc(Cl)cc(Cc2ccc(-c3c(C(N)=O)ccc(=O)n3C)nc2)c1. The van der Waals surface area contributed by atoms with E-state index in [0.29, 0.717) is 28.6 Å². The molecular weight excluding hydrogens is 366 g/mol. The molecule has 2 N–H and O–H groups in total. The molecule has 1 aromatic carbocycles. The van der Waals surface area contributed by atoms with E-state index in [0.717, 1.165) is 11.1 Å². The second-order valence-corrected chi connectivity index (χ2v) is 6.52. The maximum Gasteiger partial charge on any atom is 0.250 e. The maximum absolute atomic E-state index is 11.9. The molecule has 0 aliphatic rings. The van der Waals surface area contributed by atoms with Crippen LogP contribution < -0.4 is 16.0 Å². The van der Waals surface area contributed by atoms with Gasteiger partial charge in [0.05, 0.1) is 24.1 Å². The quantitative estimate of drug-likeness (QED) is 0.733. The molecule has 0 atom stereocenters. The molecule has 0 aliphatic carbocycles. The summed E-state index contributed by atoms with van der Waals surface area (Å²) in [6.45, 7) is 0. The zero-order chi connectivity index (χ0) is 19.6. The molecule has 3 rings (SSSR count). The number of primary amides is 1. The summed E-state index contributed by atoms with van der Waals surface area (Å²) < 4.78 is 6.60. The van der Waals surface area contributed by atoms with E-state index in [4.69, 9.17) is 22.1 Å². The Kier molecular flexibility index (Phi) is 5.28. The van der Waals surface area contributed by atoms with Gasteiger partial charge in [0, 0.05) is 24.3 Å².